The molecule has 0 aromatic rings. The highest BCUT2D eigenvalue weighted by Crippen LogP contribution is 2.38. The number of hydrogen-bond donors (Lipinski definition) is 0. The molecule has 11 heavy (non-hydrogen) atoms. The van der Waals surface area contributed by atoms with Crippen LogP contribution in [-0.4, -0.2) is 5.78 Å². The summed E-state index contributed by atoms with van der Waals surface area (Å²) in [4.78, 5) is 11.1. The molecule has 1 fully saturated rings. The van der Waals surface area contributed by atoms with Crippen molar-refractivity contribution in [2.75, 3.05) is 0 Å². The summed E-state index contributed by atoms with van der Waals surface area (Å²) in [6.07, 6.45) is 4.75. The smallest absolute Gasteiger partial charge is 0.132 e. The lowest BCUT2D eigenvalue weighted by atomic mass is 9.71. The zero-order valence-corrected chi connectivity index (χ0v) is 7.81. The van der Waals surface area contributed by atoms with E-state index in [1.54, 1.807) is 6.92 Å². The van der Waals surface area contributed by atoms with Crippen LogP contribution in [0, 0.1) is 11.3 Å². The van der Waals surface area contributed by atoms with E-state index in [2.05, 4.69) is 13.8 Å². The van der Waals surface area contributed by atoms with E-state index in [1.165, 1.54) is 12.8 Å². The van der Waals surface area contributed by atoms with Crippen molar-refractivity contribution in [1.82, 2.24) is 0 Å². The van der Waals surface area contributed by atoms with E-state index in [0.717, 1.165) is 12.8 Å². The van der Waals surface area contributed by atoms with Gasteiger partial charge in [0.15, 0.2) is 0 Å². The molecule has 1 aliphatic rings. The van der Waals surface area contributed by atoms with Crippen LogP contribution in [0.2, 0.25) is 0 Å². The molecule has 0 aromatic carbocycles. The molecule has 0 heterocycles. The molecule has 0 saturated heterocycles. The zero-order chi connectivity index (χ0) is 8.48. The summed E-state index contributed by atoms with van der Waals surface area (Å²) in [5.74, 6) is 0.747. The first kappa shape index (κ1) is 8.76. The van der Waals surface area contributed by atoms with Crippen LogP contribution < -0.4 is 0 Å². The summed E-state index contributed by atoms with van der Waals surface area (Å²) in [6.45, 7) is 6.26. The SMILES string of the molecule is CC(=O)[C@@H]1CCCC(C)(C)C1. The molecule has 0 spiro atoms. The number of carbonyl (C=O) groups excluding carboxylic acids is 1. The Bertz CT molecular complexity index is 158. The quantitative estimate of drug-likeness (QED) is 0.567. The molecule has 0 aliphatic heterocycles. The molecule has 0 aromatic heterocycles. The van der Waals surface area contributed by atoms with Gasteiger partial charge >= 0.3 is 0 Å². The second-order valence-corrected chi connectivity index (χ2v) is 4.57. The van der Waals surface area contributed by atoms with Crippen molar-refractivity contribution in [3.8, 4) is 0 Å². The Kier molecular flexibility index (Phi) is 2.36. The van der Waals surface area contributed by atoms with Crippen LogP contribution in [0.1, 0.15) is 46.5 Å². The highest BCUT2D eigenvalue weighted by Gasteiger charge is 2.29. The third-order valence-corrected chi connectivity index (χ3v) is 2.78. The minimum Gasteiger partial charge on any atom is -0.300 e. The van der Waals surface area contributed by atoms with Crippen molar-refractivity contribution in [2.24, 2.45) is 11.3 Å². The largest absolute Gasteiger partial charge is 0.300 e. The standard InChI is InChI=1S/C10H18O/c1-8(11)9-5-4-6-10(2,3)7-9/h9H,4-7H2,1-3H3/t9-/m1/s1. The Hall–Kier alpha value is -0.330. The monoisotopic (exact) mass is 154 g/mol. The van der Waals surface area contributed by atoms with Crippen molar-refractivity contribution in [1.29, 1.82) is 0 Å². The number of hydrogen-bond acceptors (Lipinski definition) is 1. The Morgan fingerprint density at radius 2 is 2.09 bits per heavy atom. The van der Waals surface area contributed by atoms with Crippen LogP contribution in [0.3, 0.4) is 0 Å². The fraction of sp³-hybridized carbons (Fsp3) is 0.900. The van der Waals surface area contributed by atoms with Crippen molar-refractivity contribution >= 4 is 5.78 Å². The Balaban J connectivity index is 2.53. The van der Waals surface area contributed by atoms with Gasteiger partial charge < -0.3 is 0 Å². The molecule has 0 bridgehead atoms. The van der Waals surface area contributed by atoms with Crippen LogP contribution in [0.25, 0.3) is 0 Å². The normalized spacial score (nSPS) is 29.9. The summed E-state index contributed by atoms with van der Waals surface area (Å²) in [6, 6.07) is 0. The molecule has 1 heteroatoms. The Morgan fingerprint density at radius 1 is 1.45 bits per heavy atom. The zero-order valence-electron chi connectivity index (χ0n) is 7.81. The van der Waals surface area contributed by atoms with Gasteiger partial charge in [0, 0.05) is 5.92 Å². The molecule has 0 radical (unpaired) electrons. The Labute approximate surface area is 69.2 Å². The second kappa shape index (κ2) is 2.96. The average Bonchev–Trinajstić information content (AvgIpc) is 1.85. The summed E-state index contributed by atoms with van der Waals surface area (Å²) in [5, 5.41) is 0. The topological polar surface area (TPSA) is 17.1 Å². The van der Waals surface area contributed by atoms with Crippen LogP contribution >= 0.6 is 0 Å². The van der Waals surface area contributed by atoms with Crippen LogP contribution in [0.15, 0.2) is 0 Å². The molecule has 0 unspecified atom stereocenters. The van der Waals surface area contributed by atoms with Crippen molar-refractivity contribution in [3.05, 3.63) is 0 Å². The lowest BCUT2D eigenvalue weighted by Gasteiger charge is -2.33. The highest BCUT2D eigenvalue weighted by atomic mass is 16.1. The minimum atomic E-state index is 0.360. The number of ketones is 1. The first-order valence-corrected chi connectivity index (χ1v) is 4.52. The third kappa shape index (κ3) is 2.32. The second-order valence-electron chi connectivity index (χ2n) is 4.57. The van der Waals surface area contributed by atoms with E-state index in [0.29, 0.717) is 17.1 Å². The molecule has 1 aliphatic carbocycles. The molecule has 1 nitrogen and oxygen atoms in total. The van der Waals surface area contributed by atoms with Gasteiger partial charge in [0.2, 0.25) is 0 Å². The lowest BCUT2D eigenvalue weighted by Crippen LogP contribution is -2.26. The molecule has 0 amide bonds. The summed E-state index contributed by atoms with van der Waals surface area (Å²) in [5.41, 5.74) is 0.411. The maximum Gasteiger partial charge on any atom is 0.132 e. The number of Topliss-reactive ketones (excluding diaryl/α,β-unsaturated/α-hetero) is 1. The van der Waals surface area contributed by atoms with Crippen molar-refractivity contribution in [3.63, 3.8) is 0 Å². The van der Waals surface area contributed by atoms with Crippen LogP contribution in [-0.2, 0) is 4.79 Å². The van der Waals surface area contributed by atoms with Gasteiger partial charge in [-0.15, -0.1) is 0 Å². The summed E-state index contributed by atoms with van der Waals surface area (Å²) < 4.78 is 0. The van der Waals surface area contributed by atoms with Gasteiger partial charge in [0.25, 0.3) is 0 Å². The molecule has 64 valence electrons. The number of carbonyl (C=O) groups is 1. The van der Waals surface area contributed by atoms with Gasteiger partial charge in [0.05, 0.1) is 0 Å². The summed E-state index contributed by atoms with van der Waals surface area (Å²) in [7, 11) is 0. The molecule has 0 N–H and O–H groups in total. The molecule has 1 rings (SSSR count). The molecular formula is C10H18O. The van der Waals surface area contributed by atoms with Gasteiger partial charge in [-0.05, 0) is 31.6 Å². The molecule has 1 atom stereocenters. The molecule has 1 saturated carbocycles. The van der Waals surface area contributed by atoms with Gasteiger partial charge in [-0.1, -0.05) is 20.3 Å². The van der Waals surface area contributed by atoms with E-state index in [-0.39, 0.29) is 0 Å². The lowest BCUT2D eigenvalue weighted by molar-refractivity contribution is -0.122. The maximum atomic E-state index is 11.1. The first-order valence-electron chi connectivity index (χ1n) is 4.52. The predicted octanol–water partition coefficient (Wildman–Crippen LogP) is 2.79. The van der Waals surface area contributed by atoms with Crippen LogP contribution in [0.5, 0.6) is 0 Å². The third-order valence-electron chi connectivity index (χ3n) is 2.78. The Morgan fingerprint density at radius 3 is 2.45 bits per heavy atom. The van der Waals surface area contributed by atoms with E-state index >= 15 is 0 Å². The van der Waals surface area contributed by atoms with Crippen LogP contribution in [0.4, 0.5) is 0 Å². The molecular weight excluding hydrogens is 136 g/mol. The first-order chi connectivity index (χ1) is 5.01. The van der Waals surface area contributed by atoms with E-state index < -0.39 is 0 Å². The van der Waals surface area contributed by atoms with Crippen molar-refractivity contribution < 1.29 is 4.79 Å². The van der Waals surface area contributed by atoms with Gasteiger partial charge in [-0.2, -0.15) is 0 Å². The van der Waals surface area contributed by atoms with E-state index in [9.17, 15) is 4.79 Å². The number of rotatable bonds is 1. The minimum absolute atomic E-state index is 0.360. The highest BCUT2D eigenvalue weighted by molar-refractivity contribution is 5.78. The van der Waals surface area contributed by atoms with Gasteiger partial charge in [-0.3, -0.25) is 4.79 Å². The maximum absolute atomic E-state index is 11.1. The fourth-order valence-electron chi connectivity index (χ4n) is 2.05. The predicted molar refractivity (Wildman–Crippen MR) is 46.4 cm³/mol. The van der Waals surface area contributed by atoms with E-state index in [1.807, 2.05) is 0 Å². The van der Waals surface area contributed by atoms with E-state index in [4.69, 9.17) is 0 Å². The summed E-state index contributed by atoms with van der Waals surface area (Å²) >= 11 is 0. The average molecular weight is 154 g/mol. The fourth-order valence-corrected chi connectivity index (χ4v) is 2.05. The van der Waals surface area contributed by atoms with Gasteiger partial charge in [0.1, 0.15) is 5.78 Å². The van der Waals surface area contributed by atoms with Crippen molar-refractivity contribution in [2.45, 2.75) is 46.5 Å². The van der Waals surface area contributed by atoms with Gasteiger partial charge in [-0.25, -0.2) is 0 Å².